The maximum atomic E-state index is 12.5. The van der Waals surface area contributed by atoms with Crippen molar-refractivity contribution in [3.8, 4) is 0 Å². The van der Waals surface area contributed by atoms with E-state index in [1.165, 1.54) is 4.88 Å². The summed E-state index contributed by atoms with van der Waals surface area (Å²) in [6, 6.07) is 3.98. The summed E-state index contributed by atoms with van der Waals surface area (Å²) in [5.74, 6) is 1.42. The number of hydrogen-bond donors (Lipinski definition) is 1. The summed E-state index contributed by atoms with van der Waals surface area (Å²) in [4.78, 5) is 30.2. The van der Waals surface area contributed by atoms with E-state index in [0.29, 0.717) is 11.8 Å². The van der Waals surface area contributed by atoms with Crippen LogP contribution < -0.4 is 5.32 Å². The maximum absolute atomic E-state index is 12.5. The molecule has 3 rings (SSSR count). The Hall–Kier alpha value is -1.56. The van der Waals surface area contributed by atoms with Crippen molar-refractivity contribution in [1.29, 1.82) is 0 Å². The summed E-state index contributed by atoms with van der Waals surface area (Å²) >= 11 is 1.58. The average molecular weight is 335 g/mol. The Morgan fingerprint density at radius 1 is 1.09 bits per heavy atom. The van der Waals surface area contributed by atoms with Crippen LogP contribution in [-0.2, 0) is 0 Å². The van der Waals surface area contributed by atoms with E-state index in [0.717, 1.165) is 50.3 Å². The molecule has 2 saturated heterocycles. The fourth-order valence-corrected chi connectivity index (χ4v) is 4.63. The second kappa shape index (κ2) is 6.91. The summed E-state index contributed by atoms with van der Waals surface area (Å²) < 4.78 is 0. The zero-order valence-corrected chi connectivity index (χ0v) is 14.7. The average Bonchev–Trinajstić information content (AvgIpc) is 3.23. The first-order chi connectivity index (χ1) is 11.1. The number of urea groups is 1. The molecule has 0 aliphatic carbocycles. The third kappa shape index (κ3) is 3.52. The van der Waals surface area contributed by atoms with E-state index >= 15 is 0 Å². The summed E-state index contributed by atoms with van der Waals surface area (Å²) in [6.07, 6.45) is 3.21. The number of thiophene rings is 1. The monoisotopic (exact) mass is 335 g/mol. The molecule has 3 amide bonds. The van der Waals surface area contributed by atoms with E-state index in [2.05, 4.69) is 5.32 Å². The van der Waals surface area contributed by atoms with Crippen LogP contribution >= 0.6 is 11.3 Å². The molecule has 6 heteroatoms. The maximum Gasteiger partial charge on any atom is 0.317 e. The summed E-state index contributed by atoms with van der Waals surface area (Å²) in [6.45, 7) is 5.45. The molecule has 1 aromatic rings. The van der Waals surface area contributed by atoms with Gasteiger partial charge < -0.3 is 15.1 Å². The lowest BCUT2D eigenvalue weighted by atomic mass is 9.84. The van der Waals surface area contributed by atoms with Crippen molar-refractivity contribution in [3.05, 3.63) is 21.9 Å². The van der Waals surface area contributed by atoms with Gasteiger partial charge in [0.25, 0.3) is 5.91 Å². The molecule has 2 fully saturated rings. The molecule has 1 atom stereocenters. The third-order valence-electron chi connectivity index (χ3n) is 5.17. The summed E-state index contributed by atoms with van der Waals surface area (Å²) in [5.41, 5.74) is 0. The van der Waals surface area contributed by atoms with Crippen molar-refractivity contribution in [2.45, 2.75) is 26.2 Å². The number of piperidine rings is 1. The van der Waals surface area contributed by atoms with Crippen molar-refractivity contribution in [2.24, 2.45) is 11.8 Å². The van der Waals surface area contributed by atoms with Gasteiger partial charge >= 0.3 is 6.03 Å². The summed E-state index contributed by atoms with van der Waals surface area (Å²) in [5, 5.41) is 2.70. The number of aryl methyl sites for hydroxylation is 1. The Balaban J connectivity index is 1.52. The van der Waals surface area contributed by atoms with Crippen molar-refractivity contribution >= 4 is 23.3 Å². The standard InChI is InChI=1S/C17H25N3O2S/c1-12-3-4-15(23-12)16(21)20-10-7-14(11-20)13-5-8-19(9-6-13)17(22)18-2/h3-4,13-14H,5-11H2,1-2H3,(H,18,22). The first kappa shape index (κ1) is 16.3. The number of nitrogens with one attached hydrogen (secondary N) is 1. The second-order valence-electron chi connectivity index (χ2n) is 6.59. The van der Waals surface area contributed by atoms with E-state index in [9.17, 15) is 9.59 Å². The number of rotatable bonds is 2. The van der Waals surface area contributed by atoms with Gasteiger partial charge in [0.15, 0.2) is 0 Å². The lowest BCUT2D eigenvalue weighted by Gasteiger charge is -2.34. The molecule has 0 radical (unpaired) electrons. The molecular formula is C17H25N3O2S. The van der Waals surface area contributed by atoms with Crippen molar-refractivity contribution in [3.63, 3.8) is 0 Å². The number of carbonyl (C=O) groups is 2. The SMILES string of the molecule is CNC(=O)N1CCC(C2CCN(C(=O)c3ccc(C)s3)C2)CC1. The molecular weight excluding hydrogens is 310 g/mol. The van der Waals surface area contributed by atoms with Crippen molar-refractivity contribution < 1.29 is 9.59 Å². The van der Waals surface area contributed by atoms with Crippen LogP contribution in [0.5, 0.6) is 0 Å². The Labute approximate surface area is 141 Å². The number of carbonyl (C=O) groups excluding carboxylic acids is 2. The van der Waals surface area contributed by atoms with Gasteiger partial charge in [0, 0.05) is 38.1 Å². The Kier molecular flexibility index (Phi) is 4.90. The highest BCUT2D eigenvalue weighted by molar-refractivity contribution is 7.13. The minimum absolute atomic E-state index is 0.0275. The molecule has 2 aliphatic heterocycles. The quantitative estimate of drug-likeness (QED) is 0.903. The lowest BCUT2D eigenvalue weighted by molar-refractivity contribution is 0.0781. The van der Waals surface area contributed by atoms with Gasteiger partial charge in [0.1, 0.15) is 0 Å². The molecule has 126 valence electrons. The minimum atomic E-state index is 0.0275. The minimum Gasteiger partial charge on any atom is -0.341 e. The second-order valence-corrected chi connectivity index (χ2v) is 7.88. The van der Waals surface area contributed by atoms with Gasteiger partial charge in [-0.25, -0.2) is 4.79 Å². The van der Waals surface area contributed by atoms with Crippen LogP contribution in [0.2, 0.25) is 0 Å². The van der Waals surface area contributed by atoms with Crippen LogP contribution in [0.25, 0.3) is 0 Å². The van der Waals surface area contributed by atoms with Gasteiger partial charge in [0.05, 0.1) is 4.88 Å². The fourth-order valence-electron chi connectivity index (χ4n) is 3.79. The third-order valence-corrected chi connectivity index (χ3v) is 6.16. The molecule has 0 bridgehead atoms. The van der Waals surface area contributed by atoms with Gasteiger partial charge in [-0.1, -0.05) is 0 Å². The molecule has 2 aliphatic rings. The number of amides is 3. The molecule has 0 spiro atoms. The van der Waals surface area contributed by atoms with Crippen LogP contribution in [0, 0.1) is 18.8 Å². The Morgan fingerprint density at radius 3 is 2.35 bits per heavy atom. The number of likely N-dealkylation sites (tertiary alicyclic amines) is 2. The highest BCUT2D eigenvalue weighted by atomic mass is 32.1. The normalized spacial score (nSPS) is 22.4. The zero-order valence-electron chi connectivity index (χ0n) is 13.9. The van der Waals surface area contributed by atoms with Crippen LogP contribution in [0.15, 0.2) is 12.1 Å². The zero-order chi connectivity index (χ0) is 16.4. The van der Waals surface area contributed by atoms with Crippen molar-refractivity contribution in [1.82, 2.24) is 15.1 Å². The molecule has 3 heterocycles. The van der Waals surface area contributed by atoms with Gasteiger partial charge in [-0.15, -0.1) is 11.3 Å². The van der Waals surface area contributed by atoms with Crippen LogP contribution in [0.3, 0.4) is 0 Å². The van der Waals surface area contributed by atoms with E-state index in [4.69, 9.17) is 0 Å². The predicted molar refractivity (Wildman–Crippen MR) is 91.8 cm³/mol. The predicted octanol–water partition coefficient (Wildman–Crippen LogP) is 2.57. The number of nitrogens with zero attached hydrogens (tertiary/aromatic N) is 2. The molecule has 1 N–H and O–H groups in total. The van der Waals surface area contributed by atoms with Gasteiger partial charge in [-0.2, -0.15) is 0 Å². The summed E-state index contributed by atoms with van der Waals surface area (Å²) in [7, 11) is 1.68. The first-order valence-electron chi connectivity index (χ1n) is 8.41. The van der Waals surface area contributed by atoms with Gasteiger partial charge in [-0.3, -0.25) is 4.79 Å². The van der Waals surface area contributed by atoms with E-state index < -0.39 is 0 Å². The Morgan fingerprint density at radius 2 is 1.74 bits per heavy atom. The molecule has 23 heavy (non-hydrogen) atoms. The molecule has 0 saturated carbocycles. The van der Waals surface area contributed by atoms with E-state index in [-0.39, 0.29) is 11.9 Å². The molecule has 1 unspecified atom stereocenters. The van der Waals surface area contributed by atoms with E-state index in [1.807, 2.05) is 28.9 Å². The fraction of sp³-hybridized carbons (Fsp3) is 0.647. The highest BCUT2D eigenvalue weighted by Gasteiger charge is 2.34. The van der Waals surface area contributed by atoms with Crippen LogP contribution in [0.1, 0.15) is 33.8 Å². The molecule has 0 aromatic carbocycles. The molecule has 5 nitrogen and oxygen atoms in total. The highest BCUT2D eigenvalue weighted by Crippen LogP contribution is 2.33. The first-order valence-corrected chi connectivity index (χ1v) is 9.22. The lowest BCUT2D eigenvalue weighted by Crippen LogP contribution is -2.44. The topological polar surface area (TPSA) is 52.7 Å². The van der Waals surface area contributed by atoms with Crippen LogP contribution in [0.4, 0.5) is 4.79 Å². The largest absolute Gasteiger partial charge is 0.341 e. The van der Waals surface area contributed by atoms with Gasteiger partial charge in [-0.05, 0) is 50.2 Å². The van der Waals surface area contributed by atoms with E-state index in [1.54, 1.807) is 18.4 Å². The number of hydrogen-bond acceptors (Lipinski definition) is 3. The van der Waals surface area contributed by atoms with Crippen molar-refractivity contribution in [2.75, 3.05) is 33.2 Å². The molecule has 1 aromatic heterocycles. The van der Waals surface area contributed by atoms with Crippen LogP contribution in [-0.4, -0.2) is 55.0 Å². The van der Waals surface area contributed by atoms with Gasteiger partial charge in [0.2, 0.25) is 0 Å². The smallest absolute Gasteiger partial charge is 0.317 e. The Bertz CT molecular complexity index is 578.